The van der Waals surface area contributed by atoms with Gasteiger partial charge in [0.05, 0.1) is 5.69 Å². The second-order valence-corrected chi connectivity index (χ2v) is 8.72. The molecule has 7 heteroatoms. The monoisotopic (exact) mass is 383 g/mol. The van der Waals surface area contributed by atoms with E-state index in [1.807, 2.05) is 36.4 Å². The van der Waals surface area contributed by atoms with Gasteiger partial charge < -0.3 is 9.88 Å². The van der Waals surface area contributed by atoms with Crippen molar-refractivity contribution in [2.45, 2.75) is 17.7 Å². The second kappa shape index (κ2) is 6.74. The van der Waals surface area contributed by atoms with E-state index in [0.717, 1.165) is 36.7 Å². The molecule has 1 amide bonds. The number of fused-ring (bicyclic) bond motifs is 1. The van der Waals surface area contributed by atoms with Gasteiger partial charge in [-0.05, 0) is 41.8 Å². The molecular formula is C20H21N3O3S. The highest BCUT2D eigenvalue weighted by Gasteiger charge is 2.26. The molecule has 3 aromatic rings. The number of aromatic amines is 1. The Hall–Kier alpha value is -2.80. The van der Waals surface area contributed by atoms with Gasteiger partial charge in [-0.1, -0.05) is 30.3 Å². The number of nitrogens with zero attached hydrogens (tertiary/aromatic N) is 2. The maximum absolute atomic E-state index is 13.0. The molecule has 1 aliphatic rings. The third-order valence-corrected chi connectivity index (χ3v) is 6.80. The Kier molecular flexibility index (Phi) is 4.39. The molecule has 0 atom stereocenters. The first kappa shape index (κ1) is 17.6. The first-order valence-corrected chi connectivity index (χ1v) is 10.4. The van der Waals surface area contributed by atoms with Crippen molar-refractivity contribution in [3.05, 3.63) is 60.4 Å². The summed E-state index contributed by atoms with van der Waals surface area (Å²) in [4.78, 5) is 17.1. The van der Waals surface area contributed by atoms with Gasteiger partial charge in [-0.15, -0.1) is 0 Å². The lowest BCUT2D eigenvalue weighted by atomic mass is 10.1. The van der Waals surface area contributed by atoms with E-state index in [0.29, 0.717) is 11.4 Å². The zero-order valence-electron chi connectivity index (χ0n) is 15.1. The quantitative estimate of drug-likeness (QED) is 0.752. The smallest absolute Gasteiger partial charge is 0.270 e. The molecule has 1 saturated heterocycles. The number of H-pyrrole nitrogens is 1. The van der Waals surface area contributed by atoms with Crippen molar-refractivity contribution in [1.29, 1.82) is 0 Å². The minimum atomic E-state index is -3.77. The third kappa shape index (κ3) is 3.19. The van der Waals surface area contributed by atoms with Gasteiger partial charge in [0.2, 0.25) is 0 Å². The van der Waals surface area contributed by atoms with Gasteiger partial charge in [-0.25, -0.2) is 8.42 Å². The van der Waals surface area contributed by atoms with E-state index in [9.17, 15) is 13.2 Å². The molecule has 0 aliphatic carbocycles. The Balaban J connectivity index is 1.63. The minimum Gasteiger partial charge on any atom is -0.356 e. The predicted octanol–water partition coefficient (Wildman–Crippen LogP) is 3.23. The highest BCUT2D eigenvalue weighted by atomic mass is 32.2. The average molecular weight is 383 g/mol. The third-order valence-electron chi connectivity index (χ3n) is 5.04. The van der Waals surface area contributed by atoms with Crippen LogP contribution in [0.4, 0.5) is 5.69 Å². The van der Waals surface area contributed by atoms with Crippen LogP contribution in [0.25, 0.3) is 10.8 Å². The number of benzene rings is 2. The maximum Gasteiger partial charge on any atom is 0.270 e. The molecule has 6 nitrogen and oxygen atoms in total. The fourth-order valence-electron chi connectivity index (χ4n) is 3.41. The number of sulfonamides is 1. The number of carbonyl (C=O) groups is 1. The number of carbonyl (C=O) groups excluding carboxylic acids is 1. The number of aromatic nitrogens is 1. The number of nitrogens with one attached hydrogen (secondary N) is 1. The van der Waals surface area contributed by atoms with E-state index in [2.05, 4.69) is 4.98 Å². The molecule has 0 unspecified atom stereocenters. The Bertz CT molecular complexity index is 1100. The van der Waals surface area contributed by atoms with E-state index in [4.69, 9.17) is 0 Å². The highest BCUT2D eigenvalue weighted by Crippen LogP contribution is 2.26. The van der Waals surface area contributed by atoms with E-state index in [1.165, 1.54) is 23.6 Å². The SMILES string of the molecule is CN(c1ccc2ccccc2c1)S(=O)(=O)c1c[nH]c(C(=O)N2CCCC2)c1. The summed E-state index contributed by atoms with van der Waals surface area (Å²) in [7, 11) is -2.24. The van der Waals surface area contributed by atoms with Crippen LogP contribution in [0.5, 0.6) is 0 Å². The molecule has 2 aromatic carbocycles. The van der Waals surface area contributed by atoms with Crippen LogP contribution in [-0.2, 0) is 10.0 Å². The number of hydrogen-bond donors (Lipinski definition) is 1. The average Bonchev–Trinajstić information content (AvgIpc) is 3.38. The summed E-state index contributed by atoms with van der Waals surface area (Å²) >= 11 is 0. The van der Waals surface area contributed by atoms with Crippen LogP contribution >= 0.6 is 0 Å². The molecule has 2 heterocycles. The number of rotatable bonds is 4. The van der Waals surface area contributed by atoms with Crippen LogP contribution < -0.4 is 4.31 Å². The van der Waals surface area contributed by atoms with Gasteiger partial charge in [0.1, 0.15) is 10.6 Å². The molecule has 0 bridgehead atoms. The maximum atomic E-state index is 13.0. The van der Waals surface area contributed by atoms with Crippen LogP contribution in [0.1, 0.15) is 23.3 Å². The van der Waals surface area contributed by atoms with Crippen molar-refractivity contribution >= 4 is 32.4 Å². The van der Waals surface area contributed by atoms with Crippen LogP contribution in [0, 0.1) is 0 Å². The van der Waals surface area contributed by atoms with E-state index < -0.39 is 10.0 Å². The molecule has 27 heavy (non-hydrogen) atoms. The largest absolute Gasteiger partial charge is 0.356 e. The van der Waals surface area contributed by atoms with Crippen LogP contribution in [-0.4, -0.2) is 44.3 Å². The molecule has 140 valence electrons. The zero-order chi connectivity index (χ0) is 19.0. The molecular weight excluding hydrogens is 362 g/mol. The summed E-state index contributed by atoms with van der Waals surface area (Å²) in [6, 6.07) is 14.7. The summed E-state index contributed by atoms with van der Waals surface area (Å²) < 4.78 is 27.3. The number of amides is 1. The molecule has 0 saturated carbocycles. The van der Waals surface area contributed by atoms with Gasteiger partial charge in [0.25, 0.3) is 15.9 Å². The summed E-state index contributed by atoms with van der Waals surface area (Å²) in [6.45, 7) is 1.44. The molecule has 1 N–H and O–H groups in total. The van der Waals surface area contributed by atoms with Crippen molar-refractivity contribution in [2.24, 2.45) is 0 Å². The molecule has 0 spiro atoms. The Morgan fingerprint density at radius 2 is 1.74 bits per heavy atom. The van der Waals surface area contributed by atoms with Crippen molar-refractivity contribution < 1.29 is 13.2 Å². The predicted molar refractivity (Wildman–Crippen MR) is 105 cm³/mol. The Morgan fingerprint density at radius 3 is 2.48 bits per heavy atom. The number of hydrogen-bond acceptors (Lipinski definition) is 3. The van der Waals surface area contributed by atoms with Crippen molar-refractivity contribution in [3.63, 3.8) is 0 Å². The fourth-order valence-corrected chi connectivity index (χ4v) is 4.59. The standard InChI is InChI=1S/C20H21N3O3S/c1-22(17-9-8-15-6-2-3-7-16(15)12-17)27(25,26)18-13-19(21-14-18)20(24)23-10-4-5-11-23/h2-3,6-9,12-14,21H,4-5,10-11H2,1H3. The summed E-state index contributed by atoms with van der Waals surface area (Å²) in [5, 5.41) is 2.02. The highest BCUT2D eigenvalue weighted by molar-refractivity contribution is 7.92. The molecule has 1 fully saturated rings. The van der Waals surface area contributed by atoms with Gasteiger partial charge in [-0.3, -0.25) is 9.10 Å². The van der Waals surface area contributed by atoms with Gasteiger partial charge in [0, 0.05) is 26.3 Å². The van der Waals surface area contributed by atoms with Crippen LogP contribution in [0.15, 0.2) is 59.6 Å². The van der Waals surface area contributed by atoms with Crippen molar-refractivity contribution in [2.75, 3.05) is 24.4 Å². The zero-order valence-corrected chi connectivity index (χ0v) is 15.9. The first-order chi connectivity index (χ1) is 13.0. The van der Waals surface area contributed by atoms with Crippen LogP contribution in [0.2, 0.25) is 0 Å². The van der Waals surface area contributed by atoms with Crippen LogP contribution in [0.3, 0.4) is 0 Å². The van der Waals surface area contributed by atoms with Crippen molar-refractivity contribution in [3.8, 4) is 0 Å². The lowest BCUT2D eigenvalue weighted by Crippen LogP contribution is -2.28. The molecule has 1 aromatic heterocycles. The lowest BCUT2D eigenvalue weighted by molar-refractivity contribution is 0.0787. The fraction of sp³-hybridized carbons (Fsp3) is 0.250. The minimum absolute atomic E-state index is 0.0840. The van der Waals surface area contributed by atoms with E-state index >= 15 is 0 Å². The van der Waals surface area contributed by atoms with Crippen molar-refractivity contribution in [1.82, 2.24) is 9.88 Å². The Morgan fingerprint density at radius 1 is 1.04 bits per heavy atom. The second-order valence-electron chi connectivity index (χ2n) is 6.75. The van der Waals surface area contributed by atoms with E-state index in [1.54, 1.807) is 11.0 Å². The number of anilines is 1. The summed E-state index contributed by atoms with van der Waals surface area (Å²) in [6.07, 6.45) is 3.36. The molecule has 4 rings (SSSR count). The Labute approximate surface area is 158 Å². The van der Waals surface area contributed by atoms with Gasteiger partial charge in [0.15, 0.2) is 0 Å². The molecule has 0 radical (unpaired) electrons. The normalized spacial score (nSPS) is 14.6. The number of likely N-dealkylation sites (tertiary alicyclic amines) is 1. The molecule has 1 aliphatic heterocycles. The van der Waals surface area contributed by atoms with Gasteiger partial charge >= 0.3 is 0 Å². The lowest BCUT2D eigenvalue weighted by Gasteiger charge is -2.19. The summed E-state index contributed by atoms with van der Waals surface area (Å²) in [5.74, 6) is -0.151. The van der Waals surface area contributed by atoms with E-state index in [-0.39, 0.29) is 10.8 Å². The summed E-state index contributed by atoms with van der Waals surface area (Å²) in [5.41, 5.74) is 0.879. The first-order valence-electron chi connectivity index (χ1n) is 8.92. The topological polar surface area (TPSA) is 73.5 Å². The van der Waals surface area contributed by atoms with Gasteiger partial charge in [-0.2, -0.15) is 0 Å².